The maximum Gasteiger partial charge on any atom is 0.237 e. The van der Waals surface area contributed by atoms with Gasteiger partial charge < -0.3 is 15.0 Å². The van der Waals surface area contributed by atoms with Crippen molar-refractivity contribution in [1.29, 1.82) is 0 Å². The number of methoxy groups -OCH3 is 1. The van der Waals surface area contributed by atoms with E-state index >= 15 is 0 Å². The van der Waals surface area contributed by atoms with E-state index in [1.54, 1.807) is 18.1 Å². The number of amides is 2. The van der Waals surface area contributed by atoms with Gasteiger partial charge in [0.1, 0.15) is 5.75 Å². The number of aromatic nitrogens is 3. The number of anilines is 2. The Labute approximate surface area is 178 Å². The highest BCUT2D eigenvalue weighted by molar-refractivity contribution is 7.99. The van der Waals surface area contributed by atoms with Crippen LogP contribution in [0.4, 0.5) is 11.4 Å². The summed E-state index contributed by atoms with van der Waals surface area (Å²) in [6.45, 7) is 1.87. The van der Waals surface area contributed by atoms with Gasteiger partial charge in [0, 0.05) is 18.0 Å². The highest BCUT2D eigenvalue weighted by Crippen LogP contribution is 2.32. The Hall–Kier alpha value is -3.33. The number of ether oxygens (including phenoxy) is 1. The molecule has 0 bridgehead atoms. The van der Waals surface area contributed by atoms with Gasteiger partial charge in [-0.25, -0.2) is 4.98 Å². The molecule has 0 saturated heterocycles. The first-order valence-electron chi connectivity index (χ1n) is 9.45. The zero-order chi connectivity index (χ0) is 21.1. The first-order valence-corrected chi connectivity index (χ1v) is 10.4. The monoisotopic (exact) mass is 423 g/mol. The van der Waals surface area contributed by atoms with Crippen LogP contribution in [0.15, 0.2) is 53.7 Å². The number of rotatable bonds is 5. The Morgan fingerprint density at radius 1 is 1.23 bits per heavy atom. The Morgan fingerprint density at radius 3 is 2.77 bits per heavy atom. The van der Waals surface area contributed by atoms with Crippen LogP contribution >= 0.6 is 11.8 Å². The smallest absolute Gasteiger partial charge is 0.237 e. The molecule has 0 saturated carbocycles. The van der Waals surface area contributed by atoms with Crippen LogP contribution in [-0.4, -0.2) is 45.9 Å². The Bertz CT molecular complexity index is 1070. The molecular formula is C21H21N5O3S. The number of carbonyl (C=O) groups is 2. The maximum atomic E-state index is 13.0. The molecule has 0 aliphatic carbocycles. The van der Waals surface area contributed by atoms with Gasteiger partial charge >= 0.3 is 0 Å². The SMILES string of the molecule is COc1ccc(-c2nc(SCC(=O)N3c4ccccc4NC(=O)CC3C)n[nH]2)cc1. The summed E-state index contributed by atoms with van der Waals surface area (Å²) in [5.74, 6) is 1.34. The topological polar surface area (TPSA) is 100 Å². The van der Waals surface area contributed by atoms with Crippen molar-refractivity contribution in [2.24, 2.45) is 0 Å². The normalized spacial score (nSPS) is 15.9. The third kappa shape index (κ3) is 4.16. The molecule has 1 aliphatic rings. The van der Waals surface area contributed by atoms with Gasteiger partial charge in [-0.05, 0) is 43.3 Å². The number of hydrogen-bond acceptors (Lipinski definition) is 6. The molecule has 2 amide bonds. The van der Waals surface area contributed by atoms with Gasteiger partial charge in [0.15, 0.2) is 5.82 Å². The third-order valence-electron chi connectivity index (χ3n) is 4.78. The lowest BCUT2D eigenvalue weighted by Gasteiger charge is -2.27. The quantitative estimate of drug-likeness (QED) is 0.611. The summed E-state index contributed by atoms with van der Waals surface area (Å²) >= 11 is 1.25. The highest BCUT2D eigenvalue weighted by atomic mass is 32.2. The Morgan fingerprint density at radius 2 is 2.00 bits per heavy atom. The number of hydrogen-bond donors (Lipinski definition) is 2. The minimum Gasteiger partial charge on any atom is -0.497 e. The van der Waals surface area contributed by atoms with Crippen molar-refractivity contribution in [3.05, 3.63) is 48.5 Å². The Kier molecular flexibility index (Phi) is 5.71. The van der Waals surface area contributed by atoms with Crippen molar-refractivity contribution in [2.75, 3.05) is 23.1 Å². The van der Waals surface area contributed by atoms with E-state index in [0.717, 1.165) is 11.3 Å². The average Bonchev–Trinajstić information content (AvgIpc) is 3.17. The van der Waals surface area contributed by atoms with Gasteiger partial charge in [-0.1, -0.05) is 23.9 Å². The van der Waals surface area contributed by atoms with Crippen LogP contribution in [0.2, 0.25) is 0 Å². The zero-order valence-corrected chi connectivity index (χ0v) is 17.4. The molecule has 2 aromatic carbocycles. The lowest BCUT2D eigenvalue weighted by Crippen LogP contribution is -2.40. The first-order chi connectivity index (χ1) is 14.5. The Balaban J connectivity index is 1.47. The molecule has 0 spiro atoms. The third-order valence-corrected chi connectivity index (χ3v) is 5.61. The molecule has 4 rings (SSSR count). The largest absolute Gasteiger partial charge is 0.497 e. The van der Waals surface area contributed by atoms with E-state index in [-0.39, 0.29) is 30.0 Å². The number of H-pyrrole nitrogens is 1. The summed E-state index contributed by atoms with van der Waals surface area (Å²) in [6.07, 6.45) is 0.243. The van der Waals surface area contributed by atoms with Crippen LogP contribution in [0.5, 0.6) is 5.75 Å². The standard InChI is InChI=1S/C21H21N5O3S/c1-13-11-18(27)22-16-5-3-4-6-17(16)26(13)19(28)12-30-21-23-20(24-25-21)14-7-9-15(29-2)10-8-14/h3-10,13H,11-12H2,1-2H3,(H,22,27)(H,23,24,25). The average molecular weight is 423 g/mol. The predicted octanol–water partition coefficient (Wildman–Crippen LogP) is 3.34. The number of benzene rings is 2. The van der Waals surface area contributed by atoms with E-state index in [1.807, 2.05) is 49.4 Å². The molecule has 9 heteroatoms. The highest BCUT2D eigenvalue weighted by Gasteiger charge is 2.29. The van der Waals surface area contributed by atoms with Crippen LogP contribution in [0.25, 0.3) is 11.4 Å². The lowest BCUT2D eigenvalue weighted by molar-refractivity contribution is -0.117. The van der Waals surface area contributed by atoms with Crippen LogP contribution in [-0.2, 0) is 9.59 Å². The number of thioether (sulfide) groups is 1. The van der Waals surface area contributed by atoms with E-state index in [0.29, 0.717) is 22.4 Å². The van der Waals surface area contributed by atoms with Crippen molar-refractivity contribution in [3.8, 4) is 17.1 Å². The summed E-state index contributed by atoms with van der Waals surface area (Å²) in [7, 11) is 1.62. The molecule has 2 heterocycles. The van der Waals surface area contributed by atoms with E-state index in [1.165, 1.54) is 11.8 Å². The summed E-state index contributed by atoms with van der Waals surface area (Å²) in [5.41, 5.74) is 2.22. The number of carbonyl (C=O) groups excluding carboxylic acids is 2. The fourth-order valence-electron chi connectivity index (χ4n) is 3.35. The van der Waals surface area contributed by atoms with Gasteiger partial charge in [0.05, 0.1) is 24.2 Å². The molecule has 1 aliphatic heterocycles. The maximum absolute atomic E-state index is 13.0. The number of fused-ring (bicyclic) bond motifs is 1. The number of nitrogens with zero attached hydrogens (tertiary/aromatic N) is 3. The van der Waals surface area contributed by atoms with E-state index in [9.17, 15) is 9.59 Å². The molecule has 8 nitrogen and oxygen atoms in total. The van der Waals surface area contributed by atoms with Crippen molar-refractivity contribution < 1.29 is 14.3 Å². The molecule has 0 radical (unpaired) electrons. The number of para-hydroxylation sites is 2. The second-order valence-electron chi connectivity index (χ2n) is 6.87. The van der Waals surface area contributed by atoms with Crippen molar-refractivity contribution >= 4 is 35.0 Å². The summed E-state index contributed by atoms with van der Waals surface area (Å²) < 4.78 is 5.16. The molecule has 1 atom stereocenters. The minimum atomic E-state index is -0.247. The predicted molar refractivity (Wildman–Crippen MR) is 116 cm³/mol. The lowest BCUT2D eigenvalue weighted by atomic mass is 10.2. The van der Waals surface area contributed by atoms with Crippen molar-refractivity contribution in [3.63, 3.8) is 0 Å². The van der Waals surface area contributed by atoms with Gasteiger partial charge in [-0.2, -0.15) is 0 Å². The second-order valence-corrected chi connectivity index (χ2v) is 7.81. The van der Waals surface area contributed by atoms with Gasteiger partial charge in [0.2, 0.25) is 17.0 Å². The number of nitrogens with one attached hydrogen (secondary N) is 2. The summed E-state index contributed by atoms with van der Waals surface area (Å²) in [5, 5.41) is 10.5. The van der Waals surface area contributed by atoms with E-state index in [2.05, 4.69) is 20.5 Å². The van der Waals surface area contributed by atoms with Gasteiger partial charge in [0.25, 0.3) is 0 Å². The fraction of sp³-hybridized carbons (Fsp3) is 0.238. The van der Waals surface area contributed by atoms with Gasteiger partial charge in [-0.3, -0.25) is 14.7 Å². The zero-order valence-electron chi connectivity index (χ0n) is 16.6. The summed E-state index contributed by atoms with van der Waals surface area (Å²) in [6, 6.07) is 14.6. The van der Waals surface area contributed by atoms with Crippen LogP contribution in [0.1, 0.15) is 13.3 Å². The molecule has 0 fully saturated rings. The van der Waals surface area contributed by atoms with Crippen LogP contribution in [0, 0.1) is 0 Å². The van der Waals surface area contributed by atoms with Crippen molar-refractivity contribution in [2.45, 2.75) is 24.5 Å². The minimum absolute atomic E-state index is 0.101. The molecule has 154 valence electrons. The fourth-order valence-corrected chi connectivity index (χ4v) is 4.01. The first kappa shape index (κ1) is 20.0. The van der Waals surface area contributed by atoms with E-state index in [4.69, 9.17) is 4.74 Å². The number of aromatic amines is 1. The molecule has 3 aromatic rings. The van der Waals surface area contributed by atoms with E-state index < -0.39 is 0 Å². The van der Waals surface area contributed by atoms with Crippen molar-refractivity contribution in [1.82, 2.24) is 15.2 Å². The molecular weight excluding hydrogens is 402 g/mol. The molecule has 1 aromatic heterocycles. The second kappa shape index (κ2) is 8.58. The molecule has 1 unspecified atom stereocenters. The van der Waals surface area contributed by atoms with Gasteiger partial charge in [-0.15, -0.1) is 5.10 Å². The molecule has 2 N–H and O–H groups in total. The molecule has 30 heavy (non-hydrogen) atoms. The summed E-state index contributed by atoms with van der Waals surface area (Å²) in [4.78, 5) is 31.3. The van der Waals surface area contributed by atoms with Crippen LogP contribution in [0.3, 0.4) is 0 Å². The van der Waals surface area contributed by atoms with Crippen LogP contribution < -0.4 is 15.0 Å².